The van der Waals surface area contributed by atoms with Crippen molar-refractivity contribution in [3.05, 3.63) is 17.2 Å². The molecule has 1 amide bonds. The lowest BCUT2D eigenvalue weighted by Crippen LogP contribution is -2.34. The Balaban J connectivity index is 1.75. The summed E-state index contributed by atoms with van der Waals surface area (Å²) in [7, 11) is 1.37. The highest BCUT2D eigenvalue weighted by atomic mass is 16.5. The molecule has 0 spiro atoms. The summed E-state index contributed by atoms with van der Waals surface area (Å²) in [5.74, 6) is 0.733. The molecular formula is C14H21N3O3. The van der Waals surface area contributed by atoms with Crippen LogP contribution in [-0.2, 0) is 27.2 Å². The van der Waals surface area contributed by atoms with E-state index in [4.69, 9.17) is 0 Å². The molecule has 110 valence electrons. The van der Waals surface area contributed by atoms with Gasteiger partial charge in [0.2, 0.25) is 5.91 Å². The molecule has 1 aliphatic carbocycles. The molecule has 1 heterocycles. The molecule has 2 N–H and O–H groups in total. The second kappa shape index (κ2) is 6.54. The van der Waals surface area contributed by atoms with Crippen molar-refractivity contribution in [2.24, 2.45) is 5.92 Å². The van der Waals surface area contributed by atoms with Gasteiger partial charge in [-0.15, -0.1) is 0 Å². The predicted octanol–water partition coefficient (Wildman–Crippen LogP) is 0.892. The average Bonchev–Trinajstić information content (AvgIpc) is 2.81. The summed E-state index contributed by atoms with van der Waals surface area (Å²) in [6.07, 6.45) is 3.35. The minimum absolute atomic E-state index is 0.000441. The number of methoxy groups -OCH3 is 1. The zero-order valence-electron chi connectivity index (χ0n) is 12.0. The van der Waals surface area contributed by atoms with Crippen LogP contribution in [0.15, 0.2) is 0 Å². The van der Waals surface area contributed by atoms with Crippen molar-refractivity contribution >= 4 is 11.9 Å². The molecule has 0 bridgehead atoms. The predicted molar refractivity (Wildman–Crippen MR) is 73.1 cm³/mol. The van der Waals surface area contributed by atoms with Crippen molar-refractivity contribution in [2.45, 2.75) is 39.0 Å². The monoisotopic (exact) mass is 279 g/mol. The number of nitrogens with one attached hydrogen (secondary N) is 2. The highest BCUT2D eigenvalue weighted by molar-refractivity contribution is 5.79. The van der Waals surface area contributed by atoms with Gasteiger partial charge in [0, 0.05) is 31.0 Å². The molecule has 2 rings (SSSR count). The van der Waals surface area contributed by atoms with E-state index in [1.165, 1.54) is 7.11 Å². The number of ether oxygens (including phenoxy) is 1. The quantitative estimate of drug-likeness (QED) is 0.619. The molecule has 0 aromatic carbocycles. The first-order valence-corrected chi connectivity index (χ1v) is 6.99. The number of hydrogen-bond donors (Lipinski definition) is 2. The van der Waals surface area contributed by atoms with Crippen LogP contribution in [0.1, 0.15) is 36.5 Å². The maximum Gasteiger partial charge on any atom is 0.305 e. The molecule has 0 saturated heterocycles. The maximum atomic E-state index is 12.1. The summed E-state index contributed by atoms with van der Waals surface area (Å²) in [4.78, 5) is 30.6. The van der Waals surface area contributed by atoms with Crippen LogP contribution >= 0.6 is 0 Å². The van der Waals surface area contributed by atoms with Gasteiger partial charge in [-0.3, -0.25) is 9.59 Å². The van der Waals surface area contributed by atoms with Crippen LogP contribution in [0.5, 0.6) is 0 Å². The van der Waals surface area contributed by atoms with Gasteiger partial charge in [0.25, 0.3) is 0 Å². The van der Waals surface area contributed by atoms with Gasteiger partial charge in [-0.1, -0.05) is 0 Å². The van der Waals surface area contributed by atoms with Gasteiger partial charge in [0.15, 0.2) is 0 Å². The van der Waals surface area contributed by atoms with Crippen molar-refractivity contribution in [1.29, 1.82) is 0 Å². The number of amides is 1. The van der Waals surface area contributed by atoms with Gasteiger partial charge < -0.3 is 15.0 Å². The summed E-state index contributed by atoms with van der Waals surface area (Å²) >= 11 is 0. The first kappa shape index (κ1) is 14.6. The molecule has 0 radical (unpaired) electrons. The molecule has 1 atom stereocenters. The molecule has 1 unspecified atom stereocenters. The van der Waals surface area contributed by atoms with E-state index in [-0.39, 0.29) is 17.8 Å². The van der Waals surface area contributed by atoms with Crippen LogP contribution in [-0.4, -0.2) is 35.5 Å². The third-order valence-corrected chi connectivity index (χ3v) is 3.62. The number of carbonyl (C=O) groups is 2. The maximum absolute atomic E-state index is 12.1. The van der Waals surface area contributed by atoms with Crippen LogP contribution in [0.2, 0.25) is 0 Å². The topological polar surface area (TPSA) is 84.1 Å². The van der Waals surface area contributed by atoms with Crippen LogP contribution in [0, 0.1) is 12.8 Å². The summed E-state index contributed by atoms with van der Waals surface area (Å²) < 4.78 is 4.55. The largest absolute Gasteiger partial charge is 0.469 e. The number of aryl methyl sites for hydroxylation is 2. The minimum atomic E-state index is -0.241. The molecule has 1 aromatic rings. The van der Waals surface area contributed by atoms with Crippen molar-refractivity contribution in [1.82, 2.24) is 15.3 Å². The Morgan fingerprint density at radius 2 is 2.30 bits per heavy atom. The van der Waals surface area contributed by atoms with Gasteiger partial charge in [-0.2, -0.15) is 0 Å². The molecule has 0 saturated carbocycles. The van der Waals surface area contributed by atoms with Crippen molar-refractivity contribution in [3.8, 4) is 0 Å². The summed E-state index contributed by atoms with van der Waals surface area (Å²) in [6, 6.07) is 0. The fraction of sp³-hybridized carbons (Fsp3) is 0.643. The van der Waals surface area contributed by atoms with E-state index in [1.54, 1.807) is 0 Å². The Morgan fingerprint density at radius 1 is 1.50 bits per heavy atom. The van der Waals surface area contributed by atoms with Gasteiger partial charge >= 0.3 is 5.97 Å². The number of nitrogens with zero attached hydrogens (tertiary/aromatic N) is 1. The number of imidazole rings is 1. The Morgan fingerprint density at radius 3 is 3.05 bits per heavy atom. The number of rotatable bonds is 5. The highest BCUT2D eigenvalue weighted by Crippen LogP contribution is 2.23. The van der Waals surface area contributed by atoms with E-state index in [9.17, 15) is 9.59 Å². The second-order valence-corrected chi connectivity index (χ2v) is 5.16. The van der Waals surface area contributed by atoms with Crippen LogP contribution in [0.25, 0.3) is 0 Å². The normalized spacial score (nSPS) is 17.4. The Kier molecular flexibility index (Phi) is 4.76. The number of fused-ring (bicyclic) bond motifs is 1. The summed E-state index contributed by atoms with van der Waals surface area (Å²) in [5.41, 5.74) is 2.18. The van der Waals surface area contributed by atoms with E-state index in [1.807, 2.05) is 6.92 Å². The van der Waals surface area contributed by atoms with Crippen molar-refractivity contribution in [3.63, 3.8) is 0 Å². The van der Waals surface area contributed by atoms with Gasteiger partial charge in [0.05, 0.1) is 12.8 Å². The number of H-pyrrole nitrogens is 1. The first-order valence-electron chi connectivity index (χ1n) is 6.99. The number of aromatic nitrogens is 2. The number of esters is 1. The third kappa shape index (κ3) is 3.59. The Hall–Kier alpha value is -1.85. The average molecular weight is 279 g/mol. The van der Waals surface area contributed by atoms with Crippen LogP contribution in [0.3, 0.4) is 0 Å². The van der Waals surface area contributed by atoms with Crippen LogP contribution < -0.4 is 5.32 Å². The van der Waals surface area contributed by atoms with Crippen molar-refractivity contribution < 1.29 is 14.3 Å². The number of hydrogen-bond acceptors (Lipinski definition) is 4. The number of aromatic amines is 1. The molecule has 20 heavy (non-hydrogen) atoms. The molecule has 0 aliphatic heterocycles. The standard InChI is InChI=1S/C14H21N3O3/c1-9-16-11-6-5-10(8-12(11)17-9)14(19)15-7-3-4-13(18)20-2/h10H,3-8H2,1-2H3,(H,15,19)(H,16,17). The van der Waals surface area contributed by atoms with E-state index < -0.39 is 0 Å². The fourth-order valence-corrected chi connectivity index (χ4v) is 2.54. The molecule has 1 aliphatic rings. The molecule has 6 heteroatoms. The zero-order valence-corrected chi connectivity index (χ0v) is 12.0. The smallest absolute Gasteiger partial charge is 0.305 e. The van der Waals surface area contributed by atoms with Gasteiger partial charge in [0.1, 0.15) is 5.82 Å². The lowest BCUT2D eigenvalue weighted by molar-refractivity contribution is -0.140. The van der Waals surface area contributed by atoms with E-state index in [0.29, 0.717) is 19.4 Å². The van der Waals surface area contributed by atoms with Gasteiger partial charge in [-0.05, 0) is 26.2 Å². The summed E-state index contributed by atoms with van der Waals surface area (Å²) in [5, 5.41) is 2.89. The SMILES string of the molecule is COC(=O)CCCNC(=O)C1CCc2nc(C)[nH]c2C1. The Bertz CT molecular complexity index is 496. The molecule has 0 fully saturated rings. The number of carbonyl (C=O) groups excluding carboxylic acids is 2. The highest BCUT2D eigenvalue weighted by Gasteiger charge is 2.26. The molecular weight excluding hydrogens is 258 g/mol. The lowest BCUT2D eigenvalue weighted by atomic mass is 9.89. The van der Waals surface area contributed by atoms with E-state index in [0.717, 1.165) is 36.5 Å². The van der Waals surface area contributed by atoms with Crippen LogP contribution in [0.4, 0.5) is 0 Å². The summed E-state index contributed by atoms with van der Waals surface area (Å²) in [6.45, 7) is 2.44. The first-order chi connectivity index (χ1) is 9.60. The minimum Gasteiger partial charge on any atom is -0.469 e. The van der Waals surface area contributed by atoms with E-state index in [2.05, 4.69) is 20.0 Å². The lowest BCUT2D eigenvalue weighted by Gasteiger charge is -2.20. The van der Waals surface area contributed by atoms with Gasteiger partial charge in [-0.25, -0.2) is 4.98 Å². The zero-order chi connectivity index (χ0) is 14.5. The van der Waals surface area contributed by atoms with E-state index >= 15 is 0 Å². The second-order valence-electron chi connectivity index (χ2n) is 5.16. The Labute approximate surface area is 118 Å². The van der Waals surface area contributed by atoms with Crippen molar-refractivity contribution in [2.75, 3.05) is 13.7 Å². The molecule has 6 nitrogen and oxygen atoms in total. The fourth-order valence-electron chi connectivity index (χ4n) is 2.54. The third-order valence-electron chi connectivity index (χ3n) is 3.62. The molecule has 1 aromatic heterocycles.